The molecule has 8 heavy (non-hydrogen) atoms. The second-order valence-electron chi connectivity index (χ2n) is 2.03. The zero-order valence-corrected chi connectivity index (χ0v) is 5.16. The lowest BCUT2D eigenvalue weighted by molar-refractivity contribution is 0.236. The van der Waals surface area contributed by atoms with E-state index in [2.05, 4.69) is 5.48 Å². The van der Waals surface area contributed by atoms with Crippen molar-refractivity contribution in [1.29, 1.82) is 0 Å². The normalized spacial score (nSPS) is 45.0. The Kier molecular flexibility index (Phi) is 1.01. The van der Waals surface area contributed by atoms with Crippen LogP contribution in [0.4, 0.5) is 0 Å². The van der Waals surface area contributed by atoms with Gasteiger partial charge in [0.05, 0.1) is 12.4 Å². The Hall–Kier alpha value is 0.230. The smallest absolute Gasteiger partial charge is 0.175 e. The van der Waals surface area contributed by atoms with Crippen LogP contribution in [0.25, 0.3) is 0 Å². The molecular weight excluding hydrogens is 126 g/mol. The molecule has 0 saturated carbocycles. The minimum atomic E-state index is 0.0168. The molecule has 2 saturated heterocycles. The summed E-state index contributed by atoms with van der Waals surface area (Å²) in [5.74, 6) is 0.924. The Morgan fingerprint density at radius 1 is 1.62 bits per heavy atom. The highest BCUT2D eigenvalue weighted by atomic mass is 32.2. The quantitative estimate of drug-likeness (QED) is 0.381. The third-order valence-corrected chi connectivity index (χ3v) is 2.27. The fourth-order valence-corrected chi connectivity index (χ4v) is 1.44. The molecule has 0 aromatic carbocycles. The first kappa shape index (κ1) is 5.05. The Labute approximate surface area is 51.9 Å². The van der Waals surface area contributed by atoms with E-state index in [9.17, 15) is 0 Å². The van der Waals surface area contributed by atoms with E-state index in [1.54, 1.807) is 0 Å². The van der Waals surface area contributed by atoms with Gasteiger partial charge in [0.2, 0.25) is 0 Å². The van der Waals surface area contributed by atoms with Gasteiger partial charge in [0.1, 0.15) is 0 Å². The van der Waals surface area contributed by atoms with Gasteiger partial charge in [-0.25, -0.2) is 0 Å². The van der Waals surface area contributed by atoms with Crippen molar-refractivity contribution in [2.24, 2.45) is 0 Å². The van der Waals surface area contributed by atoms with Crippen molar-refractivity contribution in [3.63, 3.8) is 0 Å². The largest absolute Gasteiger partial charge is 0.315 e. The topological polar surface area (TPSA) is 43.7 Å². The zero-order chi connectivity index (χ0) is 5.45. The van der Waals surface area contributed by atoms with Crippen LogP contribution in [0.2, 0.25) is 0 Å². The number of hydrogen-bond donors (Lipinski definition) is 1. The van der Waals surface area contributed by atoms with E-state index in [-0.39, 0.29) is 5.72 Å². The third kappa shape index (κ3) is 0.735. The van der Waals surface area contributed by atoms with Crippen molar-refractivity contribution in [3.8, 4) is 0 Å². The molecule has 0 bridgehead atoms. The molecule has 2 rings (SSSR count). The van der Waals surface area contributed by atoms with E-state index in [0.29, 0.717) is 0 Å². The summed E-state index contributed by atoms with van der Waals surface area (Å²) in [7, 11) is 0. The summed E-state index contributed by atoms with van der Waals surface area (Å²) < 4.78 is 5.04. The lowest BCUT2D eigenvalue weighted by atomic mass is 10.2. The van der Waals surface area contributed by atoms with E-state index in [1.807, 2.05) is 0 Å². The van der Waals surface area contributed by atoms with Crippen LogP contribution in [0.1, 0.15) is 6.42 Å². The van der Waals surface area contributed by atoms with Crippen LogP contribution >= 0.6 is 12.0 Å². The summed E-state index contributed by atoms with van der Waals surface area (Å²) in [6.45, 7) is 0.803. The highest BCUT2D eigenvalue weighted by Crippen LogP contribution is 2.32. The minimum absolute atomic E-state index is 0.0168. The predicted molar refractivity (Wildman–Crippen MR) is 30.0 cm³/mol. The van der Waals surface area contributed by atoms with Crippen LogP contribution in [0, 0.1) is 0 Å². The molecule has 2 aliphatic rings. The van der Waals surface area contributed by atoms with E-state index in [0.717, 1.165) is 18.8 Å². The van der Waals surface area contributed by atoms with E-state index in [1.165, 1.54) is 12.0 Å². The van der Waals surface area contributed by atoms with Gasteiger partial charge in [-0.05, 0) is 12.0 Å². The average Bonchev–Trinajstić information content (AvgIpc) is 2.52. The zero-order valence-electron chi connectivity index (χ0n) is 4.35. The fourth-order valence-electron chi connectivity index (χ4n) is 0.708. The Balaban J connectivity index is 1.95. The lowest BCUT2D eigenvalue weighted by Gasteiger charge is -2.13. The van der Waals surface area contributed by atoms with Gasteiger partial charge in [-0.3, -0.25) is 4.84 Å². The molecule has 3 nitrogen and oxygen atoms in total. The number of hydrogen-bond acceptors (Lipinski definition) is 4. The van der Waals surface area contributed by atoms with Crippen LogP contribution in [0.3, 0.4) is 0 Å². The molecule has 2 heterocycles. The molecule has 2 fully saturated rings. The maximum atomic E-state index is 5.04. The number of rotatable bonds is 0. The molecule has 0 aliphatic carbocycles. The Morgan fingerprint density at radius 3 is 2.88 bits per heavy atom. The summed E-state index contributed by atoms with van der Waals surface area (Å²) >= 11 is 1.48. The van der Waals surface area contributed by atoms with Crippen molar-refractivity contribution in [3.05, 3.63) is 0 Å². The van der Waals surface area contributed by atoms with Gasteiger partial charge in [0.25, 0.3) is 0 Å². The first-order chi connectivity index (χ1) is 3.91. The van der Waals surface area contributed by atoms with Crippen LogP contribution in [0.15, 0.2) is 0 Å². The summed E-state index contributed by atoms with van der Waals surface area (Å²) in [5, 5.41) is 0. The highest BCUT2D eigenvalue weighted by molar-refractivity contribution is 7.94. The second kappa shape index (κ2) is 1.60. The predicted octanol–water partition coefficient (Wildman–Crippen LogP) is 0.286. The fraction of sp³-hybridized carbons (Fsp3) is 1.00. The Morgan fingerprint density at radius 2 is 2.50 bits per heavy atom. The van der Waals surface area contributed by atoms with E-state index in [4.69, 9.17) is 9.02 Å². The molecule has 1 spiro atoms. The molecule has 0 amide bonds. The van der Waals surface area contributed by atoms with Crippen LogP contribution < -0.4 is 5.48 Å². The van der Waals surface area contributed by atoms with Crippen molar-refractivity contribution in [2.75, 3.05) is 12.4 Å². The molecule has 0 radical (unpaired) electrons. The van der Waals surface area contributed by atoms with Gasteiger partial charge in [0, 0.05) is 6.42 Å². The van der Waals surface area contributed by atoms with Gasteiger partial charge in [0.15, 0.2) is 5.72 Å². The molecule has 1 unspecified atom stereocenters. The molecule has 0 aromatic heterocycles. The highest BCUT2D eigenvalue weighted by Gasteiger charge is 2.46. The summed E-state index contributed by atoms with van der Waals surface area (Å²) in [5.41, 5.74) is 2.87. The van der Waals surface area contributed by atoms with Crippen LogP contribution in [-0.4, -0.2) is 18.1 Å². The molecule has 1 atom stereocenters. The van der Waals surface area contributed by atoms with E-state index >= 15 is 0 Å². The molecule has 0 aromatic rings. The SMILES string of the molecule is C1CC2(CSO1)NO2. The standard InChI is InChI=1S/C4H7NO2S/c1-2-6-8-3-4(1)5-7-4/h5H,1-3H2. The maximum absolute atomic E-state index is 5.04. The molecule has 2 aliphatic heterocycles. The van der Waals surface area contributed by atoms with Crippen molar-refractivity contribution in [1.82, 2.24) is 5.48 Å². The summed E-state index contributed by atoms with van der Waals surface area (Å²) in [6.07, 6.45) is 0.986. The van der Waals surface area contributed by atoms with Crippen LogP contribution in [0.5, 0.6) is 0 Å². The molecule has 1 N–H and O–H groups in total. The van der Waals surface area contributed by atoms with Crippen molar-refractivity contribution in [2.45, 2.75) is 12.1 Å². The van der Waals surface area contributed by atoms with Gasteiger partial charge >= 0.3 is 0 Å². The molecular formula is C4H7NO2S. The second-order valence-corrected chi connectivity index (χ2v) is 2.79. The monoisotopic (exact) mass is 133 g/mol. The van der Waals surface area contributed by atoms with Gasteiger partial charge in [-0.1, -0.05) is 0 Å². The molecule has 46 valence electrons. The van der Waals surface area contributed by atoms with Gasteiger partial charge < -0.3 is 4.18 Å². The lowest BCUT2D eigenvalue weighted by Crippen LogP contribution is -2.24. The minimum Gasteiger partial charge on any atom is -0.315 e. The van der Waals surface area contributed by atoms with E-state index < -0.39 is 0 Å². The van der Waals surface area contributed by atoms with Gasteiger partial charge in [-0.2, -0.15) is 5.48 Å². The van der Waals surface area contributed by atoms with Crippen LogP contribution in [-0.2, 0) is 9.02 Å². The maximum Gasteiger partial charge on any atom is 0.175 e. The number of nitrogens with one attached hydrogen (secondary N) is 1. The van der Waals surface area contributed by atoms with Crippen molar-refractivity contribution >= 4 is 12.0 Å². The first-order valence-electron chi connectivity index (χ1n) is 2.61. The van der Waals surface area contributed by atoms with Crippen molar-refractivity contribution < 1.29 is 9.02 Å². The summed E-state index contributed by atoms with van der Waals surface area (Å²) in [4.78, 5) is 4.99. The number of hydroxylamine groups is 1. The first-order valence-corrected chi connectivity index (χ1v) is 3.52. The third-order valence-electron chi connectivity index (χ3n) is 1.36. The summed E-state index contributed by atoms with van der Waals surface area (Å²) in [6, 6.07) is 0. The molecule has 4 heteroatoms. The average molecular weight is 133 g/mol. The Bertz CT molecular complexity index is 96.2. The van der Waals surface area contributed by atoms with Gasteiger partial charge in [-0.15, -0.1) is 0 Å².